The third kappa shape index (κ3) is 3.56. The summed E-state index contributed by atoms with van der Waals surface area (Å²) in [6.07, 6.45) is -2.87. The molecule has 2 atom stereocenters. The van der Waals surface area contributed by atoms with Gasteiger partial charge in [-0.25, -0.2) is 4.98 Å². The van der Waals surface area contributed by atoms with Crippen LogP contribution < -0.4 is 9.46 Å². The van der Waals surface area contributed by atoms with E-state index < -0.39 is 27.8 Å². The van der Waals surface area contributed by atoms with E-state index in [2.05, 4.69) is 9.71 Å². The van der Waals surface area contributed by atoms with Crippen LogP contribution in [-0.4, -0.2) is 18.9 Å². The number of nitrogens with one attached hydrogen (secondary N) is 1. The summed E-state index contributed by atoms with van der Waals surface area (Å²) in [7, 11) is 0. The molecule has 26 heavy (non-hydrogen) atoms. The number of alkyl halides is 3. The zero-order chi connectivity index (χ0) is 19.3. The topological polar surface area (TPSA) is 62.1 Å². The summed E-state index contributed by atoms with van der Waals surface area (Å²) in [4.78, 5) is 4.37. The predicted molar refractivity (Wildman–Crippen MR) is 92.3 cm³/mol. The summed E-state index contributed by atoms with van der Waals surface area (Å²) >= 11 is -1.28. The summed E-state index contributed by atoms with van der Waals surface area (Å²) in [5.41, 5.74) is 1.13. The number of hydrogen-bond acceptors (Lipinski definition) is 4. The fourth-order valence-corrected chi connectivity index (χ4v) is 3.43. The molecule has 0 fully saturated rings. The van der Waals surface area contributed by atoms with E-state index in [1.807, 2.05) is 27.7 Å². The van der Waals surface area contributed by atoms with Crippen LogP contribution in [0, 0.1) is 0 Å². The molecule has 0 aliphatic carbocycles. The Hall–Kier alpha value is -1.71. The molecular formula is C17H20F3N3O2S. The van der Waals surface area contributed by atoms with E-state index in [1.165, 1.54) is 6.07 Å². The standard InChI is InChI=1S/C17H20F3N3O2S/c1-10(22-26(24)16(2,3)4)15-13-8-25-14-7-11(17(18,19)20)5-6-12(14)23(13)9-21-15/h5-7,9-10,22H,8H2,1-4H3. The van der Waals surface area contributed by atoms with Crippen molar-refractivity contribution in [2.75, 3.05) is 0 Å². The Balaban J connectivity index is 1.90. The maximum absolute atomic E-state index is 12.9. The maximum Gasteiger partial charge on any atom is 0.416 e. The number of hydrogen-bond donors (Lipinski definition) is 1. The highest BCUT2D eigenvalue weighted by Crippen LogP contribution is 2.38. The van der Waals surface area contributed by atoms with Gasteiger partial charge in [-0.3, -0.25) is 4.57 Å². The number of benzene rings is 1. The van der Waals surface area contributed by atoms with Crippen molar-refractivity contribution < 1.29 is 22.5 Å². The highest BCUT2D eigenvalue weighted by molar-refractivity contribution is 7.90. The average molecular weight is 387 g/mol. The lowest BCUT2D eigenvalue weighted by Crippen LogP contribution is -2.40. The molecule has 0 saturated heterocycles. The second-order valence-corrected chi connectivity index (χ2v) is 9.13. The Labute approximate surface area is 152 Å². The van der Waals surface area contributed by atoms with Gasteiger partial charge in [-0.05, 0) is 45.9 Å². The van der Waals surface area contributed by atoms with Gasteiger partial charge in [0.25, 0.3) is 0 Å². The van der Waals surface area contributed by atoms with Crippen molar-refractivity contribution in [3.8, 4) is 11.4 Å². The molecule has 9 heteroatoms. The van der Waals surface area contributed by atoms with Crippen LogP contribution in [0.1, 0.15) is 50.7 Å². The molecule has 1 N–H and O–H groups in total. The Bertz CT molecular complexity index is 815. The van der Waals surface area contributed by atoms with Gasteiger partial charge in [0.05, 0.1) is 28.7 Å². The zero-order valence-electron chi connectivity index (χ0n) is 14.8. The first-order valence-electron chi connectivity index (χ1n) is 8.07. The molecule has 5 nitrogen and oxygen atoms in total. The number of nitrogens with zero attached hydrogens (tertiary/aromatic N) is 2. The monoisotopic (exact) mass is 387 g/mol. The molecule has 1 aliphatic heterocycles. The van der Waals surface area contributed by atoms with Crippen LogP contribution in [0.2, 0.25) is 0 Å². The van der Waals surface area contributed by atoms with Gasteiger partial charge in [0.1, 0.15) is 23.4 Å². The summed E-state index contributed by atoms with van der Waals surface area (Å²) in [6.45, 7) is 7.53. The number of halogens is 3. The normalized spacial score (nSPS) is 16.5. The predicted octanol–water partition coefficient (Wildman–Crippen LogP) is 3.90. The van der Waals surface area contributed by atoms with E-state index in [-0.39, 0.29) is 18.4 Å². The van der Waals surface area contributed by atoms with Crippen molar-refractivity contribution >= 4 is 11.4 Å². The van der Waals surface area contributed by atoms with Crippen molar-refractivity contribution in [2.24, 2.45) is 0 Å². The first kappa shape index (κ1) is 19.1. The lowest BCUT2D eigenvalue weighted by molar-refractivity contribution is -0.137. The van der Waals surface area contributed by atoms with Crippen LogP contribution in [0.3, 0.4) is 0 Å². The van der Waals surface area contributed by atoms with Crippen LogP contribution in [0.15, 0.2) is 24.5 Å². The van der Waals surface area contributed by atoms with E-state index in [0.29, 0.717) is 11.4 Å². The molecule has 0 bridgehead atoms. The minimum Gasteiger partial charge on any atom is -0.598 e. The molecule has 2 unspecified atom stereocenters. The quantitative estimate of drug-likeness (QED) is 0.812. The van der Waals surface area contributed by atoms with Crippen molar-refractivity contribution in [1.82, 2.24) is 14.3 Å². The molecule has 0 amide bonds. The summed E-state index contributed by atoms with van der Waals surface area (Å²) in [5.74, 6) is 0.162. The van der Waals surface area contributed by atoms with Crippen LogP contribution in [0.4, 0.5) is 13.2 Å². The van der Waals surface area contributed by atoms with Crippen LogP contribution in [-0.2, 0) is 24.1 Å². The number of fused-ring (bicyclic) bond motifs is 3. The van der Waals surface area contributed by atoms with Crippen molar-refractivity contribution in [1.29, 1.82) is 0 Å². The Morgan fingerprint density at radius 1 is 1.31 bits per heavy atom. The van der Waals surface area contributed by atoms with E-state index in [1.54, 1.807) is 10.9 Å². The number of aromatic nitrogens is 2. The number of ether oxygens (including phenoxy) is 1. The number of imidazole rings is 1. The molecule has 2 heterocycles. The molecule has 1 aromatic heterocycles. The van der Waals surface area contributed by atoms with Crippen molar-refractivity contribution in [3.05, 3.63) is 41.5 Å². The average Bonchev–Trinajstić information content (AvgIpc) is 2.96. The SMILES string of the molecule is CC(N[S+]([O-])C(C)(C)C)c1ncn2c1COc1cc(C(F)(F)F)ccc1-2. The van der Waals surface area contributed by atoms with Gasteiger partial charge in [-0.1, -0.05) is 0 Å². The van der Waals surface area contributed by atoms with Gasteiger partial charge < -0.3 is 9.29 Å². The second-order valence-electron chi connectivity index (χ2n) is 7.14. The fraction of sp³-hybridized carbons (Fsp3) is 0.471. The summed E-state index contributed by atoms with van der Waals surface area (Å²) in [5, 5.41) is 0. The maximum atomic E-state index is 12.9. The van der Waals surface area contributed by atoms with E-state index in [4.69, 9.17) is 4.74 Å². The lowest BCUT2D eigenvalue weighted by Gasteiger charge is -2.27. The van der Waals surface area contributed by atoms with E-state index in [0.717, 1.165) is 17.8 Å². The molecule has 0 saturated carbocycles. The lowest BCUT2D eigenvalue weighted by atomic mass is 10.1. The third-order valence-electron chi connectivity index (χ3n) is 4.06. The van der Waals surface area contributed by atoms with Gasteiger partial charge in [0, 0.05) is 11.4 Å². The molecule has 142 valence electrons. The third-order valence-corrected chi connectivity index (χ3v) is 5.74. The summed E-state index contributed by atoms with van der Waals surface area (Å²) in [6, 6.07) is 3.09. The first-order valence-corrected chi connectivity index (χ1v) is 9.22. The molecular weight excluding hydrogens is 367 g/mol. The van der Waals surface area contributed by atoms with Gasteiger partial charge in [-0.2, -0.15) is 13.2 Å². The highest BCUT2D eigenvalue weighted by Gasteiger charge is 2.34. The Kier molecular flexibility index (Phi) is 4.74. The molecule has 1 aromatic carbocycles. The number of rotatable bonds is 3. The molecule has 0 spiro atoms. The van der Waals surface area contributed by atoms with E-state index >= 15 is 0 Å². The largest absolute Gasteiger partial charge is 0.598 e. The highest BCUT2D eigenvalue weighted by atomic mass is 32.2. The summed E-state index contributed by atoms with van der Waals surface area (Å²) < 4.78 is 60.8. The van der Waals surface area contributed by atoms with Crippen molar-refractivity contribution in [2.45, 2.75) is 51.3 Å². The van der Waals surface area contributed by atoms with Crippen LogP contribution in [0.25, 0.3) is 5.69 Å². The van der Waals surface area contributed by atoms with Gasteiger partial charge in [-0.15, -0.1) is 4.72 Å². The van der Waals surface area contributed by atoms with Crippen molar-refractivity contribution in [3.63, 3.8) is 0 Å². The van der Waals surface area contributed by atoms with Crippen LogP contribution >= 0.6 is 0 Å². The first-order chi connectivity index (χ1) is 12.0. The zero-order valence-corrected chi connectivity index (χ0v) is 15.7. The molecule has 1 aliphatic rings. The Morgan fingerprint density at radius 2 is 2.00 bits per heavy atom. The minimum absolute atomic E-state index is 0.0951. The molecule has 3 rings (SSSR count). The van der Waals surface area contributed by atoms with Gasteiger partial charge in [0.15, 0.2) is 0 Å². The minimum atomic E-state index is -4.42. The molecule has 2 aromatic rings. The molecule has 0 radical (unpaired) electrons. The Morgan fingerprint density at radius 3 is 2.62 bits per heavy atom. The van der Waals surface area contributed by atoms with E-state index in [9.17, 15) is 17.7 Å². The van der Waals surface area contributed by atoms with Crippen LogP contribution in [0.5, 0.6) is 5.75 Å². The fourth-order valence-electron chi connectivity index (χ4n) is 2.64. The smallest absolute Gasteiger partial charge is 0.416 e. The second kappa shape index (κ2) is 6.47. The van der Waals surface area contributed by atoms with Gasteiger partial charge in [0.2, 0.25) is 0 Å². The van der Waals surface area contributed by atoms with Gasteiger partial charge >= 0.3 is 6.18 Å².